The molecule has 18 heavy (non-hydrogen) atoms. The largest absolute Gasteiger partial charge is 0.465 e. The number of para-hydroxylation sites is 1. The highest BCUT2D eigenvalue weighted by Gasteiger charge is 2.07. The third-order valence-corrected chi connectivity index (χ3v) is 2.59. The van der Waals surface area contributed by atoms with E-state index in [1.165, 1.54) is 0 Å². The SMILES string of the molecule is O=C(O)Nc1ccccc1-c1cccc(CO)c1. The number of carboxylic acid groups (broad SMARTS) is 1. The van der Waals surface area contributed by atoms with Crippen molar-refractivity contribution >= 4 is 11.8 Å². The quantitative estimate of drug-likeness (QED) is 0.776. The van der Waals surface area contributed by atoms with Gasteiger partial charge >= 0.3 is 6.09 Å². The first-order chi connectivity index (χ1) is 8.70. The van der Waals surface area contributed by atoms with Gasteiger partial charge in [0, 0.05) is 5.56 Å². The normalized spacial score (nSPS) is 10.1. The Morgan fingerprint density at radius 3 is 2.61 bits per heavy atom. The lowest BCUT2D eigenvalue weighted by atomic mass is 10.0. The van der Waals surface area contributed by atoms with Crippen LogP contribution in [0.3, 0.4) is 0 Å². The van der Waals surface area contributed by atoms with Crippen LogP contribution in [0.2, 0.25) is 0 Å². The van der Waals surface area contributed by atoms with Crippen LogP contribution in [0.5, 0.6) is 0 Å². The number of benzene rings is 2. The molecule has 92 valence electrons. The highest BCUT2D eigenvalue weighted by atomic mass is 16.4. The second-order valence-electron chi connectivity index (χ2n) is 3.83. The average Bonchev–Trinajstić information content (AvgIpc) is 2.39. The van der Waals surface area contributed by atoms with Gasteiger partial charge in [-0.1, -0.05) is 36.4 Å². The molecule has 2 rings (SSSR count). The first-order valence-corrected chi connectivity index (χ1v) is 5.50. The van der Waals surface area contributed by atoms with E-state index in [2.05, 4.69) is 5.32 Å². The van der Waals surface area contributed by atoms with Crippen molar-refractivity contribution in [3.63, 3.8) is 0 Å². The van der Waals surface area contributed by atoms with Gasteiger partial charge in [-0.2, -0.15) is 0 Å². The molecule has 0 spiro atoms. The van der Waals surface area contributed by atoms with E-state index in [1.807, 2.05) is 36.4 Å². The lowest BCUT2D eigenvalue weighted by Crippen LogP contribution is -2.08. The van der Waals surface area contributed by atoms with Crippen molar-refractivity contribution in [3.05, 3.63) is 54.1 Å². The van der Waals surface area contributed by atoms with Gasteiger partial charge in [0.2, 0.25) is 0 Å². The van der Waals surface area contributed by atoms with Gasteiger partial charge in [-0.15, -0.1) is 0 Å². The van der Waals surface area contributed by atoms with Crippen LogP contribution >= 0.6 is 0 Å². The molecule has 0 heterocycles. The van der Waals surface area contributed by atoms with Gasteiger partial charge < -0.3 is 10.2 Å². The molecular weight excluding hydrogens is 230 g/mol. The van der Waals surface area contributed by atoms with E-state index in [-0.39, 0.29) is 6.61 Å². The molecule has 0 unspecified atom stereocenters. The first kappa shape index (κ1) is 12.1. The Morgan fingerprint density at radius 2 is 1.89 bits per heavy atom. The number of amides is 1. The summed E-state index contributed by atoms with van der Waals surface area (Å²) in [7, 11) is 0. The summed E-state index contributed by atoms with van der Waals surface area (Å²) in [6.07, 6.45) is -1.10. The summed E-state index contributed by atoms with van der Waals surface area (Å²) in [5.74, 6) is 0. The Morgan fingerprint density at radius 1 is 1.11 bits per heavy atom. The number of hydrogen-bond acceptors (Lipinski definition) is 2. The lowest BCUT2D eigenvalue weighted by Gasteiger charge is -2.10. The van der Waals surface area contributed by atoms with E-state index in [4.69, 9.17) is 10.2 Å². The molecule has 0 saturated carbocycles. The molecule has 1 amide bonds. The summed E-state index contributed by atoms with van der Waals surface area (Å²) >= 11 is 0. The molecule has 4 nitrogen and oxygen atoms in total. The van der Waals surface area contributed by atoms with Crippen LogP contribution in [0.25, 0.3) is 11.1 Å². The van der Waals surface area contributed by atoms with Crippen molar-refractivity contribution in [1.82, 2.24) is 0 Å². The highest BCUT2D eigenvalue weighted by Crippen LogP contribution is 2.28. The third kappa shape index (κ3) is 2.67. The Balaban J connectivity index is 2.45. The van der Waals surface area contributed by atoms with Crippen molar-refractivity contribution in [3.8, 4) is 11.1 Å². The minimum absolute atomic E-state index is 0.0393. The van der Waals surface area contributed by atoms with Crippen molar-refractivity contribution in [2.75, 3.05) is 5.32 Å². The standard InChI is InChI=1S/C14H13NO3/c16-9-10-4-3-5-11(8-10)12-6-1-2-7-13(12)15-14(17)18/h1-8,15-16H,9H2,(H,17,18). The summed E-state index contributed by atoms with van der Waals surface area (Å²) in [4.78, 5) is 10.7. The second-order valence-corrected chi connectivity index (χ2v) is 3.83. The first-order valence-electron chi connectivity index (χ1n) is 5.50. The van der Waals surface area contributed by atoms with Crippen LogP contribution < -0.4 is 5.32 Å². The molecule has 0 bridgehead atoms. The van der Waals surface area contributed by atoms with Gasteiger partial charge in [-0.25, -0.2) is 4.79 Å². The van der Waals surface area contributed by atoms with Gasteiger partial charge in [0.1, 0.15) is 0 Å². The maximum Gasteiger partial charge on any atom is 0.409 e. The summed E-state index contributed by atoms with van der Waals surface area (Å²) < 4.78 is 0. The van der Waals surface area contributed by atoms with Crippen LogP contribution in [-0.4, -0.2) is 16.3 Å². The molecule has 2 aromatic carbocycles. The fourth-order valence-corrected chi connectivity index (χ4v) is 1.80. The maximum absolute atomic E-state index is 10.7. The third-order valence-electron chi connectivity index (χ3n) is 2.59. The Bertz CT molecular complexity index is 566. The minimum Gasteiger partial charge on any atom is -0.465 e. The van der Waals surface area contributed by atoms with Gasteiger partial charge in [0.15, 0.2) is 0 Å². The van der Waals surface area contributed by atoms with Crippen molar-refractivity contribution in [2.24, 2.45) is 0 Å². The number of carbonyl (C=O) groups is 1. The number of rotatable bonds is 3. The highest BCUT2D eigenvalue weighted by molar-refractivity contribution is 5.90. The summed E-state index contributed by atoms with van der Waals surface area (Å²) in [5, 5.41) is 20.3. The van der Waals surface area contributed by atoms with Gasteiger partial charge in [0.25, 0.3) is 0 Å². The molecule has 0 saturated heterocycles. The molecule has 4 heteroatoms. The van der Waals surface area contributed by atoms with Crippen LogP contribution in [0.15, 0.2) is 48.5 Å². The van der Waals surface area contributed by atoms with Gasteiger partial charge in [0.05, 0.1) is 12.3 Å². The van der Waals surface area contributed by atoms with Crippen molar-refractivity contribution in [2.45, 2.75) is 6.61 Å². The van der Waals surface area contributed by atoms with E-state index >= 15 is 0 Å². The maximum atomic E-state index is 10.7. The summed E-state index contributed by atoms with van der Waals surface area (Å²) in [6.45, 7) is -0.0393. The predicted octanol–water partition coefficient (Wildman–Crippen LogP) is 2.94. The molecule has 0 aliphatic heterocycles. The molecule has 0 radical (unpaired) electrons. The number of aliphatic hydroxyl groups excluding tert-OH is 1. The van der Waals surface area contributed by atoms with Gasteiger partial charge in [-0.05, 0) is 23.3 Å². The Kier molecular flexibility index (Phi) is 3.60. The second kappa shape index (κ2) is 5.33. The van der Waals surface area contributed by atoms with Crippen molar-refractivity contribution < 1.29 is 15.0 Å². The number of nitrogens with one attached hydrogen (secondary N) is 1. The fraction of sp³-hybridized carbons (Fsp3) is 0.0714. The minimum atomic E-state index is -1.10. The Hall–Kier alpha value is -2.33. The number of aliphatic hydroxyl groups is 1. The van der Waals surface area contributed by atoms with Crippen LogP contribution in [0.4, 0.5) is 10.5 Å². The monoisotopic (exact) mass is 243 g/mol. The van der Waals surface area contributed by atoms with E-state index in [0.717, 1.165) is 16.7 Å². The average molecular weight is 243 g/mol. The van der Waals surface area contributed by atoms with Crippen LogP contribution in [0.1, 0.15) is 5.56 Å². The number of anilines is 1. The Labute approximate surface area is 105 Å². The lowest BCUT2D eigenvalue weighted by molar-refractivity contribution is 0.210. The molecule has 0 aliphatic rings. The molecule has 0 aromatic heterocycles. The van der Waals surface area contributed by atoms with E-state index in [1.54, 1.807) is 12.1 Å². The smallest absolute Gasteiger partial charge is 0.409 e. The summed E-state index contributed by atoms with van der Waals surface area (Å²) in [5.41, 5.74) is 2.97. The number of hydrogen-bond donors (Lipinski definition) is 3. The van der Waals surface area contributed by atoms with E-state index in [0.29, 0.717) is 5.69 Å². The van der Waals surface area contributed by atoms with E-state index < -0.39 is 6.09 Å². The van der Waals surface area contributed by atoms with Gasteiger partial charge in [-0.3, -0.25) is 5.32 Å². The zero-order valence-corrected chi connectivity index (χ0v) is 9.63. The molecule has 2 aromatic rings. The van der Waals surface area contributed by atoms with Crippen LogP contribution in [-0.2, 0) is 6.61 Å². The summed E-state index contributed by atoms with van der Waals surface area (Å²) in [6, 6.07) is 14.5. The zero-order chi connectivity index (χ0) is 13.0. The van der Waals surface area contributed by atoms with Crippen LogP contribution in [0, 0.1) is 0 Å². The fourth-order valence-electron chi connectivity index (χ4n) is 1.80. The molecule has 0 fully saturated rings. The zero-order valence-electron chi connectivity index (χ0n) is 9.63. The van der Waals surface area contributed by atoms with Crippen molar-refractivity contribution in [1.29, 1.82) is 0 Å². The molecule has 3 N–H and O–H groups in total. The van der Waals surface area contributed by atoms with E-state index in [9.17, 15) is 4.79 Å². The molecule has 0 aliphatic carbocycles. The molecule has 0 atom stereocenters. The topological polar surface area (TPSA) is 69.6 Å². The molecular formula is C14H13NO3. The predicted molar refractivity (Wildman–Crippen MR) is 69.4 cm³/mol.